The van der Waals surface area contributed by atoms with Crippen LogP contribution in [0.5, 0.6) is 0 Å². The first kappa shape index (κ1) is 17.5. The van der Waals surface area contributed by atoms with Crippen molar-refractivity contribution in [2.24, 2.45) is 45.8 Å². The summed E-state index contributed by atoms with van der Waals surface area (Å²) in [5.41, 5.74) is -2.14. The van der Waals surface area contributed by atoms with Crippen molar-refractivity contribution in [2.45, 2.75) is 45.4 Å². The molecule has 4 aliphatic rings. The van der Waals surface area contributed by atoms with Crippen LogP contribution in [0.3, 0.4) is 0 Å². The lowest BCUT2D eigenvalue weighted by atomic mass is 9.43. The van der Waals surface area contributed by atoms with E-state index >= 15 is 0 Å². The molecule has 8 atom stereocenters. The summed E-state index contributed by atoms with van der Waals surface area (Å²) in [6.07, 6.45) is 4.91. The molecular formula is C20H27ClO4. The van der Waals surface area contributed by atoms with E-state index in [-0.39, 0.29) is 41.6 Å². The Labute approximate surface area is 153 Å². The fourth-order valence-electron chi connectivity index (χ4n) is 7.60. The first-order chi connectivity index (χ1) is 11.7. The van der Waals surface area contributed by atoms with Crippen molar-refractivity contribution in [3.05, 3.63) is 11.6 Å². The van der Waals surface area contributed by atoms with Crippen molar-refractivity contribution in [2.75, 3.05) is 6.61 Å². The molecule has 4 bridgehead atoms. The Kier molecular flexibility index (Phi) is 3.58. The van der Waals surface area contributed by atoms with E-state index in [1.807, 2.05) is 13.8 Å². The molecule has 0 radical (unpaired) electrons. The summed E-state index contributed by atoms with van der Waals surface area (Å²) in [4.78, 5) is 25.5. The number of rotatable bonds is 4. The number of hydrogen-bond donors (Lipinski definition) is 2. The third kappa shape index (κ3) is 1.57. The highest BCUT2D eigenvalue weighted by Gasteiger charge is 2.84. The minimum Gasteiger partial charge on any atom is -0.481 e. The molecular weight excluding hydrogens is 340 g/mol. The lowest BCUT2D eigenvalue weighted by Gasteiger charge is -2.58. The number of carboxylic acid groups (broad SMARTS) is 1. The van der Waals surface area contributed by atoms with Crippen molar-refractivity contribution in [1.29, 1.82) is 0 Å². The Bertz CT molecular complexity index is 673. The van der Waals surface area contributed by atoms with Gasteiger partial charge in [-0.1, -0.05) is 32.4 Å². The summed E-state index contributed by atoms with van der Waals surface area (Å²) in [5, 5.41) is 21.0. The molecule has 138 valence electrons. The number of aliphatic hydroxyl groups is 1. The number of aliphatic carboxylic acids is 1. The number of alkyl halides is 1. The number of aldehydes is 1. The fraction of sp³-hybridized carbons (Fsp3) is 0.800. The SMILES string of the molecule is CC(C)C1=C[C@H]2C[C@]3(C=O)C4CC(Cl)C(C)C4C[C@@]2(CO)[C@]13C(=O)O. The Balaban J connectivity index is 2.02. The van der Waals surface area contributed by atoms with Crippen LogP contribution in [0, 0.1) is 45.8 Å². The van der Waals surface area contributed by atoms with Gasteiger partial charge in [0.15, 0.2) is 0 Å². The molecule has 5 heteroatoms. The summed E-state index contributed by atoms with van der Waals surface area (Å²) in [6.45, 7) is 5.92. The molecule has 4 nitrogen and oxygen atoms in total. The van der Waals surface area contributed by atoms with Gasteiger partial charge in [-0.05, 0) is 48.9 Å². The number of aliphatic hydroxyl groups excluding tert-OH is 1. The lowest BCUT2D eigenvalue weighted by Crippen LogP contribution is -2.63. The van der Waals surface area contributed by atoms with E-state index in [0.29, 0.717) is 19.3 Å². The number of carboxylic acids is 1. The van der Waals surface area contributed by atoms with Crippen molar-refractivity contribution < 1.29 is 19.8 Å². The maximum Gasteiger partial charge on any atom is 0.315 e. The molecule has 0 aromatic carbocycles. The summed E-state index contributed by atoms with van der Waals surface area (Å²) < 4.78 is 0. The second-order valence-electron chi connectivity index (χ2n) is 9.20. The molecule has 4 aliphatic carbocycles. The first-order valence-electron chi connectivity index (χ1n) is 9.40. The quantitative estimate of drug-likeness (QED) is 0.455. The van der Waals surface area contributed by atoms with Crippen molar-refractivity contribution >= 4 is 23.9 Å². The monoisotopic (exact) mass is 366 g/mol. The normalized spacial score (nSPS) is 53.0. The number of hydrogen-bond acceptors (Lipinski definition) is 3. The highest BCUT2D eigenvalue weighted by Crippen LogP contribution is 2.82. The zero-order valence-electron chi connectivity index (χ0n) is 15.0. The summed E-state index contributed by atoms with van der Waals surface area (Å²) >= 11 is 6.57. The van der Waals surface area contributed by atoms with Crippen LogP contribution in [-0.2, 0) is 9.59 Å². The lowest BCUT2D eigenvalue weighted by molar-refractivity contribution is -0.184. The van der Waals surface area contributed by atoms with Crippen molar-refractivity contribution in [3.8, 4) is 0 Å². The van der Waals surface area contributed by atoms with E-state index in [2.05, 4.69) is 13.0 Å². The minimum atomic E-state index is -1.28. The van der Waals surface area contributed by atoms with Gasteiger partial charge in [-0.15, -0.1) is 11.6 Å². The summed E-state index contributed by atoms with van der Waals surface area (Å²) in [7, 11) is 0. The average molecular weight is 367 g/mol. The number of carbonyl (C=O) groups excluding carboxylic acids is 1. The highest BCUT2D eigenvalue weighted by atomic mass is 35.5. The van der Waals surface area contributed by atoms with Crippen LogP contribution >= 0.6 is 11.6 Å². The van der Waals surface area contributed by atoms with Crippen molar-refractivity contribution in [3.63, 3.8) is 0 Å². The van der Waals surface area contributed by atoms with E-state index in [9.17, 15) is 19.8 Å². The zero-order chi connectivity index (χ0) is 18.4. The van der Waals surface area contributed by atoms with E-state index < -0.39 is 22.2 Å². The van der Waals surface area contributed by atoms with Crippen LogP contribution < -0.4 is 0 Å². The third-order valence-electron chi connectivity index (χ3n) is 8.46. The number of allylic oxidation sites excluding steroid dienone is 1. The smallest absolute Gasteiger partial charge is 0.315 e. The third-order valence-corrected chi connectivity index (χ3v) is 9.04. The Morgan fingerprint density at radius 2 is 2.12 bits per heavy atom. The molecule has 0 amide bonds. The maximum atomic E-state index is 12.8. The van der Waals surface area contributed by atoms with E-state index in [1.165, 1.54) is 0 Å². The molecule has 0 spiro atoms. The molecule has 0 saturated heterocycles. The first-order valence-corrected chi connectivity index (χ1v) is 9.84. The van der Waals surface area contributed by atoms with Gasteiger partial charge in [0.25, 0.3) is 0 Å². The van der Waals surface area contributed by atoms with Gasteiger partial charge in [-0.2, -0.15) is 0 Å². The summed E-state index contributed by atoms with van der Waals surface area (Å²) in [5.74, 6) is -0.500. The van der Waals surface area contributed by atoms with Gasteiger partial charge in [-0.3, -0.25) is 4.79 Å². The van der Waals surface area contributed by atoms with Gasteiger partial charge >= 0.3 is 5.97 Å². The molecule has 0 aliphatic heterocycles. The Morgan fingerprint density at radius 3 is 2.64 bits per heavy atom. The van der Waals surface area contributed by atoms with Gasteiger partial charge in [0.1, 0.15) is 11.7 Å². The predicted molar refractivity (Wildman–Crippen MR) is 94.1 cm³/mol. The van der Waals surface area contributed by atoms with Crippen LogP contribution in [-0.4, -0.2) is 34.5 Å². The summed E-state index contributed by atoms with van der Waals surface area (Å²) in [6, 6.07) is 0. The van der Waals surface area contributed by atoms with Gasteiger partial charge in [0.2, 0.25) is 0 Å². The van der Waals surface area contributed by atoms with E-state index in [0.717, 1.165) is 11.9 Å². The van der Waals surface area contributed by atoms with Gasteiger partial charge in [0.05, 0.1) is 12.0 Å². The molecule has 4 unspecified atom stereocenters. The molecule has 3 saturated carbocycles. The van der Waals surface area contributed by atoms with E-state index in [1.54, 1.807) is 0 Å². The van der Waals surface area contributed by atoms with Crippen LogP contribution in [0.25, 0.3) is 0 Å². The molecule has 3 fully saturated rings. The van der Waals surface area contributed by atoms with E-state index in [4.69, 9.17) is 11.6 Å². The molecule has 0 aromatic rings. The number of carbonyl (C=O) groups is 2. The van der Waals surface area contributed by atoms with Gasteiger partial charge < -0.3 is 15.0 Å². The van der Waals surface area contributed by atoms with Crippen molar-refractivity contribution in [1.82, 2.24) is 0 Å². The number of halogens is 1. The Morgan fingerprint density at radius 1 is 1.44 bits per heavy atom. The molecule has 2 N–H and O–H groups in total. The van der Waals surface area contributed by atoms with Crippen LogP contribution in [0.1, 0.15) is 40.0 Å². The van der Waals surface area contributed by atoms with Gasteiger partial charge in [0, 0.05) is 10.8 Å². The highest BCUT2D eigenvalue weighted by molar-refractivity contribution is 6.21. The molecule has 0 heterocycles. The average Bonchev–Trinajstić information content (AvgIpc) is 3.09. The zero-order valence-corrected chi connectivity index (χ0v) is 15.8. The van der Waals surface area contributed by atoms with Gasteiger partial charge in [-0.25, -0.2) is 0 Å². The van der Waals surface area contributed by atoms with Crippen LogP contribution in [0.15, 0.2) is 11.6 Å². The number of fused-ring (bicyclic) bond motifs is 2. The molecule has 25 heavy (non-hydrogen) atoms. The predicted octanol–water partition coefficient (Wildman–Crippen LogP) is 3.12. The second-order valence-corrected chi connectivity index (χ2v) is 9.76. The minimum absolute atomic E-state index is 0.00859. The molecule has 0 aromatic heterocycles. The van der Waals surface area contributed by atoms with Crippen LogP contribution in [0.2, 0.25) is 0 Å². The molecule has 4 rings (SSSR count). The largest absolute Gasteiger partial charge is 0.481 e. The van der Waals surface area contributed by atoms with Crippen LogP contribution in [0.4, 0.5) is 0 Å². The standard InChI is InChI=1S/C20H27ClO4/c1-10(2)14-4-12-6-19(9-23)15-5-16(21)11(3)13(15)7-18(12,8-22)20(14,19)17(24)25/h4,9-13,15-16,22H,5-8H2,1-3H3,(H,24,25)/t11?,12-,13?,15?,16?,18-,19-,20+/m0/s1. The topological polar surface area (TPSA) is 74.6 Å². The maximum absolute atomic E-state index is 12.8. The second kappa shape index (κ2) is 5.10. The Hall–Kier alpha value is -0.870. The fourth-order valence-corrected chi connectivity index (χ4v) is 7.98.